The molecule has 0 saturated carbocycles. The number of aryl methyl sites for hydroxylation is 1. The number of nitrogens with zero attached hydrogens (tertiary/aromatic N) is 4. The molecule has 0 aliphatic carbocycles. The second-order valence-corrected chi connectivity index (χ2v) is 8.28. The molecule has 0 N–H and O–H groups in total. The molecule has 2 aromatic carbocycles. The van der Waals surface area contributed by atoms with Crippen LogP contribution in [0.1, 0.15) is 22.5 Å². The molecular formula is C20H20N4O2S. The number of hydrogen-bond donors (Lipinski definition) is 0. The summed E-state index contributed by atoms with van der Waals surface area (Å²) in [5.74, 6) is 0. The molecule has 1 heterocycles. The maximum absolute atomic E-state index is 13.0. The summed E-state index contributed by atoms with van der Waals surface area (Å²) in [5, 5.41) is 13.8. The number of benzene rings is 2. The molecule has 6 nitrogen and oxygen atoms in total. The number of rotatable bonds is 5. The van der Waals surface area contributed by atoms with Crippen molar-refractivity contribution in [1.82, 2.24) is 14.1 Å². The molecule has 0 spiro atoms. The molecule has 138 valence electrons. The highest BCUT2D eigenvalue weighted by Crippen LogP contribution is 2.24. The minimum Gasteiger partial charge on any atom is -0.238 e. The maximum atomic E-state index is 13.0. The summed E-state index contributed by atoms with van der Waals surface area (Å²) in [4.78, 5) is 0.0146. The Kier molecular flexibility index (Phi) is 5.13. The van der Waals surface area contributed by atoms with E-state index in [2.05, 4.69) is 5.10 Å². The van der Waals surface area contributed by atoms with Crippen LogP contribution in [0.3, 0.4) is 0 Å². The monoisotopic (exact) mass is 380 g/mol. The second-order valence-electron chi connectivity index (χ2n) is 6.27. The molecule has 0 radical (unpaired) electrons. The van der Waals surface area contributed by atoms with E-state index in [1.165, 1.54) is 23.5 Å². The van der Waals surface area contributed by atoms with Crippen molar-refractivity contribution in [3.8, 4) is 11.8 Å². The van der Waals surface area contributed by atoms with Crippen molar-refractivity contribution in [3.63, 3.8) is 0 Å². The first-order chi connectivity index (χ1) is 12.9. The lowest BCUT2D eigenvalue weighted by Crippen LogP contribution is -2.27. The molecule has 0 bridgehead atoms. The maximum Gasteiger partial charge on any atom is 0.244 e. The van der Waals surface area contributed by atoms with Crippen LogP contribution in [0.15, 0.2) is 59.5 Å². The smallest absolute Gasteiger partial charge is 0.238 e. The molecule has 1 aromatic heterocycles. The van der Waals surface area contributed by atoms with Gasteiger partial charge in [-0.05, 0) is 38.1 Å². The van der Waals surface area contributed by atoms with Crippen LogP contribution in [-0.2, 0) is 16.6 Å². The first-order valence-electron chi connectivity index (χ1n) is 8.42. The topological polar surface area (TPSA) is 79.0 Å². The fourth-order valence-corrected chi connectivity index (χ4v) is 4.26. The lowest BCUT2D eigenvalue weighted by atomic mass is 10.2. The molecule has 3 aromatic rings. The number of sulfonamides is 1. The summed E-state index contributed by atoms with van der Waals surface area (Å²) in [6, 6.07) is 17.9. The number of hydrogen-bond acceptors (Lipinski definition) is 4. The summed E-state index contributed by atoms with van der Waals surface area (Å²) < 4.78 is 29.0. The quantitative estimate of drug-likeness (QED) is 0.681. The molecule has 27 heavy (non-hydrogen) atoms. The first-order valence-corrected chi connectivity index (χ1v) is 9.86. The van der Waals surface area contributed by atoms with Gasteiger partial charge in [0.2, 0.25) is 10.0 Å². The van der Waals surface area contributed by atoms with Crippen molar-refractivity contribution in [3.05, 3.63) is 77.1 Å². The minimum absolute atomic E-state index is 0.0146. The number of para-hydroxylation sites is 1. The average molecular weight is 380 g/mol. The van der Waals surface area contributed by atoms with E-state index in [9.17, 15) is 13.7 Å². The molecule has 0 fully saturated rings. The second kappa shape index (κ2) is 7.35. The number of aromatic nitrogens is 2. The Morgan fingerprint density at radius 3 is 2.37 bits per heavy atom. The van der Waals surface area contributed by atoms with Gasteiger partial charge in [-0.15, -0.1) is 0 Å². The van der Waals surface area contributed by atoms with E-state index in [4.69, 9.17) is 0 Å². The van der Waals surface area contributed by atoms with E-state index in [-0.39, 0.29) is 17.0 Å². The van der Waals surface area contributed by atoms with E-state index in [0.717, 1.165) is 22.6 Å². The Morgan fingerprint density at radius 2 is 1.70 bits per heavy atom. The summed E-state index contributed by atoms with van der Waals surface area (Å²) >= 11 is 0. The molecule has 7 heteroatoms. The van der Waals surface area contributed by atoms with E-state index < -0.39 is 10.0 Å². The minimum atomic E-state index is -3.80. The lowest BCUT2D eigenvalue weighted by Gasteiger charge is -2.18. The predicted molar refractivity (Wildman–Crippen MR) is 103 cm³/mol. The van der Waals surface area contributed by atoms with Gasteiger partial charge in [0.25, 0.3) is 0 Å². The van der Waals surface area contributed by atoms with E-state index in [1.54, 1.807) is 12.1 Å². The van der Waals surface area contributed by atoms with Gasteiger partial charge in [-0.3, -0.25) is 0 Å². The van der Waals surface area contributed by atoms with Gasteiger partial charge in [0.1, 0.15) is 6.07 Å². The Labute approximate surface area is 159 Å². The van der Waals surface area contributed by atoms with Crippen LogP contribution >= 0.6 is 0 Å². The molecule has 0 aliphatic heterocycles. The molecule has 0 saturated heterocycles. The Bertz CT molecular complexity index is 1110. The first kappa shape index (κ1) is 18.8. The van der Waals surface area contributed by atoms with Gasteiger partial charge in [-0.2, -0.15) is 14.7 Å². The van der Waals surface area contributed by atoms with Crippen molar-refractivity contribution < 1.29 is 8.42 Å². The zero-order chi connectivity index (χ0) is 19.6. The van der Waals surface area contributed by atoms with Gasteiger partial charge in [-0.1, -0.05) is 30.3 Å². The Hall–Kier alpha value is -2.95. The van der Waals surface area contributed by atoms with Crippen LogP contribution < -0.4 is 0 Å². The lowest BCUT2D eigenvalue weighted by molar-refractivity contribution is 0.465. The summed E-state index contributed by atoms with van der Waals surface area (Å²) in [5.41, 5.74) is 3.56. The molecule has 0 unspecified atom stereocenters. The normalized spacial score (nSPS) is 11.5. The average Bonchev–Trinajstić information content (AvgIpc) is 2.96. The van der Waals surface area contributed by atoms with Crippen LogP contribution in [0, 0.1) is 25.2 Å². The van der Waals surface area contributed by atoms with Gasteiger partial charge < -0.3 is 0 Å². The van der Waals surface area contributed by atoms with Gasteiger partial charge in [0.15, 0.2) is 0 Å². The third-order valence-electron chi connectivity index (χ3n) is 4.52. The van der Waals surface area contributed by atoms with Gasteiger partial charge in [0, 0.05) is 24.8 Å². The SMILES string of the molecule is Cc1nn(-c2ccccc2)c(C)c1CN(C)S(=O)(=O)c1ccccc1C#N. The molecule has 0 amide bonds. The van der Waals surface area contributed by atoms with Crippen LogP contribution in [0.5, 0.6) is 0 Å². The zero-order valence-electron chi connectivity index (χ0n) is 15.4. The summed E-state index contributed by atoms with van der Waals surface area (Å²) in [7, 11) is -2.28. The molecular weight excluding hydrogens is 360 g/mol. The van der Waals surface area contributed by atoms with Crippen molar-refractivity contribution in [2.75, 3.05) is 7.05 Å². The van der Waals surface area contributed by atoms with Crippen molar-refractivity contribution in [2.45, 2.75) is 25.3 Å². The summed E-state index contributed by atoms with van der Waals surface area (Å²) in [6.07, 6.45) is 0. The number of nitriles is 1. The summed E-state index contributed by atoms with van der Waals surface area (Å²) in [6.45, 7) is 3.96. The molecule has 3 rings (SSSR count). The van der Waals surface area contributed by atoms with Crippen LogP contribution in [0.2, 0.25) is 0 Å². The van der Waals surface area contributed by atoms with Crippen LogP contribution in [-0.4, -0.2) is 29.6 Å². The third-order valence-corrected chi connectivity index (χ3v) is 6.38. The standard InChI is InChI=1S/C20H20N4O2S/c1-15-19(16(2)24(22-15)18-10-5-4-6-11-18)14-23(3)27(25,26)20-12-8-7-9-17(20)13-21/h4-12H,14H2,1-3H3. The van der Waals surface area contributed by atoms with E-state index in [1.807, 2.05) is 54.9 Å². The van der Waals surface area contributed by atoms with Crippen molar-refractivity contribution in [2.24, 2.45) is 0 Å². The highest BCUT2D eigenvalue weighted by molar-refractivity contribution is 7.89. The van der Waals surface area contributed by atoms with E-state index >= 15 is 0 Å². The molecule has 0 aliphatic rings. The van der Waals surface area contributed by atoms with Gasteiger partial charge >= 0.3 is 0 Å². The van der Waals surface area contributed by atoms with Crippen molar-refractivity contribution >= 4 is 10.0 Å². The fraction of sp³-hybridized carbons (Fsp3) is 0.200. The van der Waals surface area contributed by atoms with Crippen molar-refractivity contribution in [1.29, 1.82) is 5.26 Å². The largest absolute Gasteiger partial charge is 0.244 e. The highest BCUT2D eigenvalue weighted by atomic mass is 32.2. The third kappa shape index (κ3) is 3.50. The zero-order valence-corrected chi connectivity index (χ0v) is 16.2. The fourth-order valence-electron chi connectivity index (χ4n) is 2.98. The van der Waals surface area contributed by atoms with Gasteiger partial charge in [0.05, 0.1) is 21.8 Å². The van der Waals surface area contributed by atoms with Crippen LogP contribution in [0.25, 0.3) is 5.69 Å². The predicted octanol–water partition coefficient (Wildman–Crippen LogP) is 3.18. The highest BCUT2D eigenvalue weighted by Gasteiger charge is 2.26. The van der Waals surface area contributed by atoms with Gasteiger partial charge in [-0.25, -0.2) is 13.1 Å². The molecule has 0 atom stereocenters. The Morgan fingerprint density at radius 1 is 1.07 bits per heavy atom. The van der Waals surface area contributed by atoms with E-state index in [0.29, 0.717) is 0 Å². The van der Waals surface area contributed by atoms with Crippen LogP contribution in [0.4, 0.5) is 0 Å². The Balaban J connectivity index is 1.96.